The van der Waals surface area contributed by atoms with Crippen LogP contribution in [-0.2, 0) is 17.9 Å². The van der Waals surface area contributed by atoms with Crippen molar-refractivity contribution < 1.29 is 9.32 Å². The maximum Gasteiger partial charge on any atom is 0.234 e. The second kappa shape index (κ2) is 8.22. The van der Waals surface area contributed by atoms with Crippen LogP contribution in [-0.4, -0.2) is 58.6 Å². The molecule has 0 saturated carbocycles. The van der Waals surface area contributed by atoms with Gasteiger partial charge in [-0.05, 0) is 19.0 Å². The van der Waals surface area contributed by atoms with Crippen molar-refractivity contribution in [3.05, 3.63) is 47.6 Å². The second-order valence-corrected chi connectivity index (χ2v) is 6.58. The van der Waals surface area contributed by atoms with Crippen molar-refractivity contribution in [3.8, 4) is 0 Å². The summed E-state index contributed by atoms with van der Waals surface area (Å²) in [6.07, 6.45) is 1.04. The lowest BCUT2D eigenvalue weighted by Gasteiger charge is -2.23. The monoisotopic (exact) mass is 343 g/mol. The van der Waals surface area contributed by atoms with E-state index in [2.05, 4.69) is 32.3 Å². The van der Waals surface area contributed by atoms with Gasteiger partial charge in [0.25, 0.3) is 0 Å². The highest BCUT2D eigenvalue weighted by Crippen LogP contribution is 2.15. The summed E-state index contributed by atoms with van der Waals surface area (Å²) < 4.78 is 5.01. The van der Waals surface area contributed by atoms with Gasteiger partial charge in [0.15, 0.2) is 5.82 Å². The zero-order chi connectivity index (χ0) is 17.6. The average Bonchev–Trinajstić information content (AvgIpc) is 3.23. The van der Waals surface area contributed by atoms with Gasteiger partial charge in [-0.15, -0.1) is 0 Å². The summed E-state index contributed by atoms with van der Waals surface area (Å²) in [4.78, 5) is 20.8. The Labute approximate surface area is 148 Å². The van der Waals surface area contributed by atoms with Crippen LogP contribution in [0.1, 0.15) is 23.7 Å². The number of rotatable bonds is 7. The summed E-state index contributed by atoms with van der Waals surface area (Å²) in [5, 5.41) is 6.93. The van der Waals surface area contributed by atoms with Crippen molar-refractivity contribution in [2.24, 2.45) is 0 Å². The summed E-state index contributed by atoms with van der Waals surface area (Å²) in [6, 6.07) is 10.4. The zero-order valence-electron chi connectivity index (χ0n) is 14.8. The fourth-order valence-corrected chi connectivity index (χ4v) is 3.13. The van der Waals surface area contributed by atoms with E-state index >= 15 is 0 Å². The fraction of sp³-hybridized carbons (Fsp3) is 0.500. The maximum absolute atomic E-state index is 12.1. The molecule has 1 saturated heterocycles. The van der Waals surface area contributed by atoms with E-state index in [1.807, 2.05) is 30.3 Å². The normalized spacial score (nSPS) is 18.0. The van der Waals surface area contributed by atoms with Crippen molar-refractivity contribution in [1.82, 2.24) is 25.3 Å². The lowest BCUT2D eigenvalue weighted by molar-refractivity contribution is -0.122. The van der Waals surface area contributed by atoms with E-state index < -0.39 is 0 Å². The van der Waals surface area contributed by atoms with Gasteiger partial charge in [0, 0.05) is 32.6 Å². The second-order valence-electron chi connectivity index (χ2n) is 6.58. The number of nitrogens with zero attached hydrogens (tertiary/aromatic N) is 4. The maximum atomic E-state index is 12.1. The molecule has 1 fully saturated rings. The standard InChI is InChI=1S/C18H25N5O2/c1-14-20-17(21-25-14)12-22(2)16-8-9-23(11-16)13-18(24)19-10-15-6-4-3-5-7-15/h3-7,16H,8-13H2,1-2H3,(H,19,24)/t16-/m0/s1. The molecular weight excluding hydrogens is 318 g/mol. The Bertz CT molecular complexity index is 688. The van der Waals surface area contributed by atoms with Gasteiger partial charge in [0.1, 0.15) is 0 Å². The van der Waals surface area contributed by atoms with Crippen LogP contribution >= 0.6 is 0 Å². The third-order valence-corrected chi connectivity index (χ3v) is 4.53. The molecule has 1 N–H and O–H groups in total. The Hall–Kier alpha value is -2.25. The molecule has 0 radical (unpaired) electrons. The molecule has 1 amide bonds. The molecule has 0 aliphatic carbocycles. The van der Waals surface area contributed by atoms with E-state index in [4.69, 9.17) is 4.52 Å². The first-order valence-electron chi connectivity index (χ1n) is 8.62. The van der Waals surface area contributed by atoms with Gasteiger partial charge >= 0.3 is 0 Å². The minimum absolute atomic E-state index is 0.0703. The molecule has 7 heteroatoms. The van der Waals surface area contributed by atoms with Crippen molar-refractivity contribution in [2.75, 3.05) is 26.7 Å². The molecule has 1 atom stereocenters. The topological polar surface area (TPSA) is 74.5 Å². The van der Waals surface area contributed by atoms with Crippen molar-refractivity contribution in [3.63, 3.8) is 0 Å². The zero-order valence-corrected chi connectivity index (χ0v) is 14.8. The van der Waals surface area contributed by atoms with Crippen LogP contribution < -0.4 is 5.32 Å². The summed E-state index contributed by atoms with van der Waals surface area (Å²) in [5.41, 5.74) is 1.12. The molecule has 0 bridgehead atoms. The van der Waals surface area contributed by atoms with Crippen LogP contribution in [0.15, 0.2) is 34.9 Å². The van der Waals surface area contributed by atoms with Crippen molar-refractivity contribution in [1.29, 1.82) is 0 Å². The van der Waals surface area contributed by atoms with Gasteiger partial charge in [-0.2, -0.15) is 4.98 Å². The van der Waals surface area contributed by atoms with Crippen LogP contribution in [0.25, 0.3) is 0 Å². The Morgan fingerprint density at radius 3 is 2.92 bits per heavy atom. The molecule has 25 heavy (non-hydrogen) atoms. The molecule has 2 aromatic rings. The van der Waals surface area contributed by atoms with Crippen molar-refractivity contribution >= 4 is 5.91 Å². The number of hydrogen-bond acceptors (Lipinski definition) is 6. The highest BCUT2D eigenvalue weighted by atomic mass is 16.5. The largest absolute Gasteiger partial charge is 0.351 e. The fourth-order valence-electron chi connectivity index (χ4n) is 3.13. The number of aromatic nitrogens is 2. The average molecular weight is 343 g/mol. The molecule has 134 valence electrons. The molecular formula is C18H25N5O2. The van der Waals surface area contributed by atoms with Crippen LogP contribution in [0, 0.1) is 6.92 Å². The van der Waals surface area contributed by atoms with Gasteiger partial charge in [-0.25, -0.2) is 0 Å². The molecule has 1 aromatic heterocycles. The number of likely N-dealkylation sites (N-methyl/N-ethyl adjacent to an activating group) is 1. The number of hydrogen-bond donors (Lipinski definition) is 1. The lowest BCUT2D eigenvalue weighted by Crippen LogP contribution is -2.38. The number of aryl methyl sites for hydroxylation is 1. The van der Waals surface area contributed by atoms with E-state index in [9.17, 15) is 4.79 Å². The minimum Gasteiger partial charge on any atom is -0.351 e. The molecule has 0 spiro atoms. The highest BCUT2D eigenvalue weighted by Gasteiger charge is 2.27. The van der Waals surface area contributed by atoms with Gasteiger partial charge in [0.2, 0.25) is 11.8 Å². The van der Waals surface area contributed by atoms with Crippen LogP contribution in [0.5, 0.6) is 0 Å². The van der Waals surface area contributed by atoms with E-state index in [1.165, 1.54) is 0 Å². The Balaban J connectivity index is 1.40. The van der Waals surface area contributed by atoms with E-state index in [-0.39, 0.29) is 5.91 Å². The molecule has 0 unspecified atom stereocenters. The summed E-state index contributed by atoms with van der Waals surface area (Å²) in [7, 11) is 2.06. The first-order chi connectivity index (χ1) is 12.1. The molecule has 7 nitrogen and oxygen atoms in total. The summed E-state index contributed by atoms with van der Waals surface area (Å²) in [5.74, 6) is 1.37. The number of carbonyl (C=O) groups excluding carboxylic acids is 1. The first-order valence-corrected chi connectivity index (χ1v) is 8.62. The third-order valence-electron chi connectivity index (χ3n) is 4.53. The number of amides is 1. The Kier molecular flexibility index (Phi) is 5.78. The Morgan fingerprint density at radius 1 is 1.40 bits per heavy atom. The third kappa shape index (κ3) is 5.11. The van der Waals surface area contributed by atoms with Gasteiger partial charge in [-0.1, -0.05) is 35.5 Å². The summed E-state index contributed by atoms with van der Waals surface area (Å²) in [6.45, 7) is 5.29. The van der Waals surface area contributed by atoms with Gasteiger partial charge in [0.05, 0.1) is 13.1 Å². The molecule has 1 aromatic carbocycles. The van der Waals surface area contributed by atoms with Gasteiger partial charge in [-0.3, -0.25) is 14.6 Å². The molecule has 1 aliphatic rings. The predicted molar refractivity (Wildman–Crippen MR) is 93.6 cm³/mol. The number of likely N-dealkylation sites (tertiary alicyclic amines) is 1. The van der Waals surface area contributed by atoms with Crippen LogP contribution in [0.3, 0.4) is 0 Å². The van der Waals surface area contributed by atoms with Crippen molar-refractivity contribution in [2.45, 2.75) is 32.5 Å². The minimum atomic E-state index is 0.0703. The SMILES string of the molecule is Cc1nc(CN(C)[C@H]2CCN(CC(=O)NCc3ccccc3)C2)no1. The molecule has 1 aliphatic heterocycles. The Morgan fingerprint density at radius 2 is 2.20 bits per heavy atom. The first kappa shape index (κ1) is 17.6. The van der Waals surface area contributed by atoms with E-state index in [1.54, 1.807) is 6.92 Å². The van der Waals surface area contributed by atoms with Crippen LogP contribution in [0.2, 0.25) is 0 Å². The van der Waals surface area contributed by atoms with E-state index in [0.717, 1.165) is 25.1 Å². The lowest BCUT2D eigenvalue weighted by atomic mass is 10.2. The number of nitrogens with one attached hydrogen (secondary N) is 1. The summed E-state index contributed by atoms with van der Waals surface area (Å²) >= 11 is 0. The highest BCUT2D eigenvalue weighted by molar-refractivity contribution is 5.78. The van der Waals surface area contributed by atoms with Crippen LogP contribution in [0.4, 0.5) is 0 Å². The number of carbonyl (C=O) groups is 1. The molecule has 3 rings (SSSR count). The predicted octanol–water partition coefficient (Wildman–Crippen LogP) is 1.20. The quantitative estimate of drug-likeness (QED) is 0.814. The van der Waals surface area contributed by atoms with Gasteiger partial charge < -0.3 is 9.84 Å². The smallest absolute Gasteiger partial charge is 0.234 e. The van der Waals surface area contributed by atoms with E-state index in [0.29, 0.717) is 37.4 Å². The number of benzene rings is 1. The molecule has 2 heterocycles.